The molecule has 1 aromatic heterocycles. The van der Waals surface area contributed by atoms with Gasteiger partial charge < -0.3 is 4.74 Å². The minimum atomic E-state index is -1.04. The summed E-state index contributed by atoms with van der Waals surface area (Å²) in [5.41, 5.74) is -0.365. The normalized spacial score (nSPS) is 12.0. The molecule has 0 aromatic carbocycles. The SMILES string of the molecule is C[Si](C)(C)CCOCn1[nH]c(=O)nc1Br. The van der Waals surface area contributed by atoms with Crippen molar-refractivity contribution >= 4 is 24.0 Å². The van der Waals surface area contributed by atoms with Crippen molar-refractivity contribution in [3.63, 3.8) is 0 Å². The summed E-state index contributed by atoms with van der Waals surface area (Å²) in [6, 6.07) is 1.11. The van der Waals surface area contributed by atoms with Crippen molar-refractivity contribution in [1.29, 1.82) is 0 Å². The van der Waals surface area contributed by atoms with Gasteiger partial charge in [-0.05, 0) is 22.0 Å². The van der Waals surface area contributed by atoms with Crippen molar-refractivity contribution in [1.82, 2.24) is 14.8 Å². The van der Waals surface area contributed by atoms with E-state index in [4.69, 9.17) is 4.74 Å². The molecule has 0 spiro atoms. The van der Waals surface area contributed by atoms with Gasteiger partial charge in [-0.25, -0.2) is 14.6 Å². The van der Waals surface area contributed by atoms with E-state index in [1.54, 1.807) is 0 Å². The summed E-state index contributed by atoms with van der Waals surface area (Å²) in [7, 11) is -1.04. The monoisotopic (exact) mass is 293 g/mol. The number of halogens is 1. The van der Waals surface area contributed by atoms with Crippen LogP contribution in [-0.4, -0.2) is 29.4 Å². The topological polar surface area (TPSA) is 59.9 Å². The van der Waals surface area contributed by atoms with Crippen molar-refractivity contribution in [3.8, 4) is 0 Å². The third-order valence-corrected chi connectivity index (χ3v) is 4.17. The Bertz CT molecular complexity index is 369. The molecule has 15 heavy (non-hydrogen) atoms. The van der Waals surface area contributed by atoms with E-state index < -0.39 is 8.07 Å². The lowest BCUT2D eigenvalue weighted by molar-refractivity contribution is 0.0764. The Kier molecular flexibility index (Phi) is 4.29. The van der Waals surface area contributed by atoms with Crippen LogP contribution >= 0.6 is 15.9 Å². The van der Waals surface area contributed by atoms with Crippen LogP contribution in [0.4, 0.5) is 0 Å². The van der Waals surface area contributed by atoms with Gasteiger partial charge in [0.15, 0.2) is 4.73 Å². The smallest absolute Gasteiger partial charge is 0.360 e. The van der Waals surface area contributed by atoms with Crippen molar-refractivity contribution in [2.75, 3.05) is 6.61 Å². The van der Waals surface area contributed by atoms with Crippen LogP contribution in [0.3, 0.4) is 0 Å². The van der Waals surface area contributed by atoms with Gasteiger partial charge in [0.2, 0.25) is 0 Å². The van der Waals surface area contributed by atoms with Gasteiger partial charge in [0.05, 0.1) is 0 Å². The second-order valence-corrected chi connectivity index (χ2v) is 10.9. The molecule has 0 saturated heterocycles. The Balaban J connectivity index is 2.32. The first-order chi connectivity index (χ1) is 6.88. The summed E-state index contributed by atoms with van der Waals surface area (Å²) in [6.45, 7) is 7.95. The molecule has 1 N–H and O–H groups in total. The van der Waals surface area contributed by atoms with Crippen LogP contribution in [0.5, 0.6) is 0 Å². The fraction of sp³-hybridized carbons (Fsp3) is 0.750. The zero-order valence-electron chi connectivity index (χ0n) is 9.21. The zero-order valence-corrected chi connectivity index (χ0v) is 11.8. The molecule has 86 valence electrons. The highest BCUT2D eigenvalue weighted by Gasteiger charge is 2.12. The molecule has 0 aliphatic rings. The van der Waals surface area contributed by atoms with E-state index in [9.17, 15) is 4.79 Å². The summed E-state index contributed by atoms with van der Waals surface area (Å²) >= 11 is 3.16. The second-order valence-electron chi connectivity index (χ2n) is 4.57. The van der Waals surface area contributed by atoms with E-state index in [2.05, 4.69) is 45.7 Å². The van der Waals surface area contributed by atoms with E-state index >= 15 is 0 Å². The number of hydrogen-bond donors (Lipinski definition) is 1. The Labute approximate surface area is 98.0 Å². The van der Waals surface area contributed by atoms with Crippen molar-refractivity contribution in [2.45, 2.75) is 32.4 Å². The Morgan fingerprint density at radius 2 is 2.20 bits per heavy atom. The van der Waals surface area contributed by atoms with E-state index in [-0.39, 0.29) is 5.69 Å². The highest BCUT2D eigenvalue weighted by Crippen LogP contribution is 2.08. The molecule has 0 saturated carbocycles. The van der Waals surface area contributed by atoms with Gasteiger partial charge in [0.25, 0.3) is 0 Å². The molecule has 0 bridgehead atoms. The highest BCUT2D eigenvalue weighted by molar-refractivity contribution is 9.10. The lowest BCUT2D eigenvalue weighted by atomic mass is 10.8. The minimum Gasteiger partial charge on any atom is -0.360 e. The first-order valence-electron chi connectivity index (χ1n) is 4.78. The predicted molar refractivity (Wildman–Crippen MR) is 64.7 cm³/mol. The van der Waals surface area contributed by atoms with Gasteiger partial charge in [-0.1, -0.05) is 19.6 Å². The average Bonchev–Trinajstić information content (AvgIpc) is 2.37. The van der Waals surface area contributed by atoms with Crippen LogP contribution < -0.4 is 5.69 Å². The summed E-state index contributed by atoms with van der Waals surface area (Å²) in [4.78, 5) is 14.5. The number of nitrogens with one attached hydrogen (secondary N) is 1. The van der Waals surface area contributed by atoms with Crippen LogP contribution in [0.15, 0.2) is 9.53 Å². The fourth-order valence-corrected chi connectivity index (χ4v) is 2.06. The summed E-state index contributed by atoms with van der Waals surface area (Å²) in [5, 5.41) is 2.53. The molecule has 7 heteroatoms. The van der Waals surface area contributed by atoms with E-state index in [0.29, 0.717) is 11.5 Å². The van der Waals surface area contributed by atoms with E-state index in [1.807, 2.05) is 0 Å². The Morgan fingerprint density at radius 1 is 1.53 bits per heavy atom. The lowest BCUT2D eigenvalue weighted by Crippen LogP contribution is -2.22. The van der Waals surface area contributed by atoms with Gasteiger partial charge in [0, 0.05) is 14.7 Å². The van der Waals surface area contributed by atoms with Crippen LogP contribution in [-0.2, 0) is 11.5 Å². The zero-order chi connectivity index (χ0) is 11.5. The minimum absolute atomic E-state index is 0.334. The highest BCUT2D eigenvalue weighted by atomic mass is 79.9. The predicted octanol–water partition coefficient (Wildman–Crippen LogP) is 1.65. The Hall–Kier alpha value is -0.403. The van der Waals surface area contributed by atoms with Gasteiger partial charge in [0.1, 0.15) is 6.73 Å². The van der Waals surface area contributed by atoms with E-state index in [1.165, 1.54) is 4.68 Å². The summed E-state index contributed by atoms with van der Waals surface area (Å²) in [5.74, 6) is 0. The number of hydrogen-bond acceptors (Lipinski definition) is 3. The molecule has 0 aliphatic carbocycles. The number of aromatic amines is 1. The summed E-state index contributed by atoms with van der Waals surface area (Å²) < 4.78 is 7.45. The molecule has 0 aliphatic heterocycles. The van der Waals surface area contributed by atoms with Crippen LogP contribution in [0, 0.1) is 0 Å². The molecule has 0 amide bonds. The molecule has 0 atom stereocenters. The van der Waals surface area contributed by atoms with Crippen molar-refractivity contribution in [2.24, 2.45) is 0 Å². The third kappa shape index (κ3) is 4.76. The number of rotatable bonds is 5. The molecule has 1 aromatic rings. The molecule has 5 nitrogen and oxygen atoms in total. The van der Waals surface area contributed by atoms with Gasteiger partial charge >= 0.3 is 5.69 Å². The van der Waals surface area contributed by atoms with E-state index in [0.717, 1.165) is 12.7 Å². The summed E-state index contributed by atoms with van der Waals surface area (Å²) in [6.07, 6.45) is 0. The molecule has 0 fully saturated rings. The maximum Gasteiger partial charge on any atom is 0.362 e. The molecule has 1 heterocycles. The number of ether oxygens (including phenoxy) is 1. The largest absolute Gasteiger partial charge is 0.362 e. The number of aromatic nitrogens is 3. The quantitative estimate of drug-likeness (QED) is 0.663. The van der Waals surface area contributed by atoms with Gasteiger partial charge in [-0.2, -0.15) is 4.98 Å². The average molecular weight is 294 g/mol. The standard InChI is InChI=1S/C8H16BrN3O2Si/c1-15(2,3)5-4-14-6-12-7(9)10-8(13)11-12/h4-6H2,1-3H3,(H,11,13). The maximum atomic E-state index is 10.8. The van der Waals surface area contributed by atoms with Crippen LogP contribution in [0.2, 0.25) is 25.7 Å². The molecule has 0 unspecified atom stereocenters. The Morgan fingerprint density at radius 3 is 2.67 bits per heavy atom. The lowest BCUT2D eigenvalue weighted by Gasteiger charge is -2.15. The molecular formula is C8H16BrN3O2Si. The maximum absolute atomic E-state index is 10.8. The van der Waals surface area contributed by atoms with Crippen LogP contribution in [0.25, 0.3) is 0 Å². The number of H-pyrrole nitrogens is 1. The molecular weight excluding hydrogens is 278 g/mol. The van der Waals surface area contributed by atoms with Gasteiger partial charge in [-0.3, -0.25) is 0 Å². The molecule has 0 radical (unpaired) electrons. The molecule has 1 rings (SSSR count). The van der Waals surface area contributed by atoms with Crippen molar-refractivity contribution < 1.29 is 4.74 Å². The third-order valence-electron chi connectivity index (χ3n) is 1.86. The second kappa shape index (κ2) is 5.09. The first kappa shape index (κ1) is 12.7. The number of nitrogens with zero attached hydrogens (tertiary/aromatic N) is 2. The van der Waals surface area contributed by atoms with Gasteiger partial charge in [-0.15, -0.1) is 0 Å². The fourth-order valence-electron chi connectivity index (χ4n) is 0.950. The van der Waals surface area contributed by atoms with Crippen molar-refractivity contribution in [3.05, 3.63) is 15.2 Å². The van der Waals surface area contributed by atoms with Crippen LogP contribution in [0.1, 0.15) is 0 Å². The first-order valence-corrected chi connectivity index (χ1v) is 9.28.